The summed E-state index contributed by atoms with van der Waals surface area (Å²) in [5.41, 5.74) is 7.41. The number of nitrogens with two attached hydrogens (primary N) is 1. The fourth-order valence-electron chi connectivity index (χ4n) is 3.14. The predicted molar refractivity (Wildman–Crippen MR) is 86.4 cm³/mol. The van der Waals surface area contributed by atoms with Crippen LogP contribution in [0.3, 0.4) is 0 Å². The summed E-state index contributed by atoms with van der Waals surface area (Å²) in [7, 11) is 1.62. The van der Waals surface area contributed by atoms with Crippen molar-refractivity contribution < 1.29 is 9.59 Å². The molecule has 1 aromatic rings. The molecule has 0 saturated heterocycles. The van der Waals surface area contributed by atoms with Gasteiger partial charge in [-0.15, -0.1) is 0 Å². The van der Waals surface area contributed by atoms with Gasteiger partial charge in [-0.3, -0.25) is 9.59 Å². The van der Waals surface area contributed by atoms with Crippen molar-refractivity contribution in [3.63, 3.8) is 0 Å². The van der Waals surface area contributed by atoms with Crippen molar-refractivity contribution in [2.24, 2.45) is 17.6 Å². The molecule has 0 spiro atoms. The third-order valence-electron chi connectivity index (χ3n) is 4.43. The van der Waals surface area contributed by atoms with Crippen LogP contribution in [0.1, 0.15) is 35.2 Å². The normalized spacial score (nSPS) is 20.6. The number of rotatable bonds is 6. The number of benzene rings is 1. The zero-order valence-electron chi connectivity index (χ0n) is 13.1. The molecule has 4 N–H and O–H groups in total. The van der Waals surface area contributed by atoms with E-state index in [9.17, 15) is 9.59 Å². The maximum atomic E-state index is 12.2. The Morgan fingerprint density at radius 1 is 1.32 bits per heavy atom. The van der Waals surface area contributed by atoms with Gasteiger partial charge in [-0.2, -0.15) is 0 Å². The van der Waals surface area contributed by atoms with Crippen LogP contribution < -0.4 is 16.4 Å². The fourth-order valence-corrected chi connectivity index (χ4v) is 3.14. The molecule has 0 heterocycles. The highest BCUT2D eigenvalue weighted by Gasteiger charge is 2.31. The molecular formula is C17H25N3O2. The molecule has 2 rings (SSSR count). The van der Waals surface area contributed by atoms with E-state index in [0.29, 0.717) is 24.6 Å². The summed E-state index contributed by atoms with van der Waals surface area (Å²) in [5.74, 6) is 0.428. The summed E-state index contributed by atoms with van der Waals surface area (Å²) in [4.78, 5) is 23.8. The molecule has 5 heteroatoms. The molecule has 0 aliphatic heterocycles. The molecule has 1 aliphatic carbocycles. The van der Waals surface area contributed by atoms with E-state index in [2.05, 4.69) is 10.6 Å². The lowest BCUT2D eigenvalue weighted by Crippen LogP contribution is -2.36. The molecule has 0 unspecified atom stereocenters. The van der Waals surface area contributed by atoms with Crippen molar-refractivity contribution in [2.45, 2.75) is 25.7 Å². The zero-order valence-corrected chi connectivity index (χ0v) is 13.1. The van der Waals surface area contributed by atoms with Crippen molar-refractivity contribution in [2.75, 3.05) is 20.1 Å². The van der Waals surface area contributed by atoms with Crippen LogP contribution in [-0.4, -0.2) is 32.0 Å². The molecular weight excluding hydrogens is 278 g/mol. The summed E-state index contributed by atoms with van der Waals surface area (Å²) >= 11 is 0. The Balaban J connectivity index is 1.83. The molecule has 1 saturated carbocycles. The minimum absolute atomic E-state index is 0.0715. The van der Waals surface area contributed by atoms with Gasteiger partial charge in [-0.25, -0.2) is 0 Å². The Bertz CT molecular complexity index is 530. The summed E-state index contributed by atoms with van der Waals surface area (Å²) < 4.78 is 0. The molecule has 0 bridgehead atoms. The second-order valence-corrected chi connectivity index (χ2v) is 5.85. The van der Waals surface area contributed by atoms with Gasteiger partial charge in [0.25, 0.3) is 5.91 Å². The third kappa shape index (κ3) is 4.07. The Labute approximate surface area is 131 Å². The quantitative estimate of drug-likeness (QED) is 0.735. The van der Waals surface area contributed by atoms with E-state index in [0.717, 1.165) is 31.2 Å². The predicted octanol–water partition coefficient (Wildman–Crippen LogP) is 1.08. The molecule has 0 aromatic heterocycles. The topological polar surface area (TPSA) is 84.2 Å². The molecule has 5 nitrogen and oxygen atoms in total. The third-order valence-corrected chi connectivity index (χ3v) is 4.43. The Morgan fingerprint density at radius 3 is 2.86 bits per heavy atom. The Kier molecular flexibility index (Phi) is 5.95. The van der Waals surface area contributed by atoms with Crippen molar-refractivity contribution in [1.82, 2.24) is 10.6 Å². The highest BCUT2D eigenvalue weighted by atomic mass is 16.2. The maximum Gasteiger partial charge on any atom is 0.251 e. The average Bonchev–Trinajstić information content (AvgIpc) is 3.03. The molecule has 0 radical (unpaired) electrons. The van der Waals surface area contributed by atoms with E-state index < -0.39 is 0 Å². The minimum atomic E-state index is -0.0948. The van der Waals surface area contributed by atoms with E-state index >= 15 is 0 Å². The molecule has 22 heavy (non-hydrogen) atoms. The Morgan fingerprint density at radius 2 is 2.14 bits per heavy atom. The van der Waals surface area contributed by atoms with Gasteiger partial charge in [0, 0.05) is 25.1 Å². The maximum absolute atomic E-state index is 12.2. The highest BCUT2D eigenvalue weighted by Crippen LogP contribution is 2.30. The number of carbonyl (C=O) groups is 2. The van der Waals surface area contributed by atoms with Crippen LogP contribution >= 0.6 is 0 Å². The standard InChI is InChI=1S/C17H25N3O2/c1-19-16(21)13-5-2-4-12(10-13)8-9-20-17(22)15-7-3-6-14(15)11-18/h2,4-5,10,14-15H,3,6-9,11,18H2,1H3,(H,19,21)(H,20,22)/t14-,15-/m1/s1. The fraction of sp³-hybridized carbons (Fsp3) is 0.529. The summed E-state index contributed by atoms with van der Waals surface area (Å²) in [6.45, 7) is 1.18. The van der Waals surface area contributed by atoms with Gasteiger partial charge in [0.2, 0.25) is 5.91 Å². The van der Waals surface area contributed by atoms with Gasteiger partial charge in [-0.1, -0.05) is 18.6 Å². The van der Waals surface area contributed by atoms with Gasteiger partial charge < -0.3 is 16.4 Å². The second-order valence-electron chi connectivity index (χ2n) is 5.85. The summed E-state index contributed by atoms with van der Waals surface area (Å²) in [6.07, 6.45) is 3.81. The minimum Gasteiger partial charge on any atom is -0.356 e. The smallest absolute Gasteiger partial charge is 0.251 e. The lowest BCUT2D eigenvalue weighted by Gasteiger charge is -2.17. The van der Waals surface area contributed by atoms with Gasteiger partial charge in [0.15, 0.2) is 0 Å². The molecule has 1 aliphatic rings. The van der Waals surface area contributed by atoms with Gasteiger partial charge >= 0.3 is 0 Å². The monoisotopic (exact) mass is 303 g/mol. The summed E-state index contributed by atoms with van der Waals surface area (Å²) in [5, 5.41) is 5.62. The van der Waals surface area contributed by atoms with Crippen LogP contribution in [0.4, 0.5) is 0 Å². The van der Waals surface area contributed by atoms with Crippen LogP contribution in [0.25, 0.3) is 0 Å². The first-order valence-electron chi connectivity index (χ1n) is 7.94. The first kappa shape index (κ1) is 16.5. The second kappa shape index (κ2) is 7.94. The lowest BCUT2D eigenvalue weighted by molar-refractivity contribution is -0.125. The van der Waals surface area contributed by atoms with Gasteiger partial charge in [0.05, 0.1) is 0 Å². The molecule has 120 valence electrons. The van der Waals surface area contributed by atoms with Crippen LogP contribution in [0.5, 0.6) is 0 Å². The average molecular weight is 303 g/mol. The van der Waals surface area contributed by atoms with Crippen molar-refractivity contribution in [3.05, 3.63) is 35.4 Å². The van der Waals surface area contributed by atoms with Crippen molar-refractivity contribution in [3.8, 4) is 0 Å². The number of nitrogens with one attached hydrogen (secondary N) is 2. The molecule has 2 atom stereocenters. The SMILES string of the molecule is CNC(=O)c1cccc(CCNC(=O)[C@@H]2CCC[C@@H]2CN)c1. The van der Waals surface area contributed by atoms with Gasteiger partial charge in [0.1, 0.15) is 0 Å². The first-order chi connectivity index (χ1) is 10.7. The summed E-state index contributed by atoms with van der Waals surface area (Å²) in [6, 6.07) is 7.48. The number of carbonyl (C=O) groups excluding carboxylic acids is 2. The first-order valence-corrected chi connectivity index (χ1v) is 7.94. The largest absolute Gasteiger partial charge is 0.356 e. The van der Waals surface area contributed by atoms with Crippen LogP contribution in [-0.2, 0) is 11.2 Å². The number of hydrogen-bond donors (Lipinski definition) is 3. The molecule has 1 fully saturated rings. The van der Waals surface area contributed by atoms with Crippen LogP contribution in [0.15, 0.2) is 24.3 Å². The number of amides is 2. The molecule has 2 amide bonds. The Hall–Kier alpha value is -1.88. The molecule has 1 aromatic carbocycles. The van der Waals surface area contributed by atoms with Gasteiger partial charge in [-0.05, 0) is 49.4 Å². The van der Waals surface area contributed by atoms with Crippen LogP contribution in [0, 0.1) is 11.8 Å². The van der Waals surface area contributed by atoms with Crippen molar-refractivity contribution >= 4 is 11.8 Å². The van der Waals surface area contributed by atoms with E-state index in [1.54, 1.807) is 13.1 Å². The zero-order chi connectivity index (χ0) is 15.9. The van der Waals surface area contributed by atoms with E-state index in [4.69, 9.17) is 5.73 Å². The lowest BCUT2D eigenvalue weighted by atomic mass is 9.95. The van der Waals surface area contributed by atoms with Crippen molar-refractivity contribution in [1.29, 1.82) is 0 Å². The number of hydrogen-bond acceptors (Lipinski definition) is 3. The van der Waals surface area contributed by atoms with Crippen LogP contribution in [0.2, 0.25) is 0 Å². The van der Waals surface area contributed by atoms with E-state index in [1.807, 2.05) is 18.2 Å². The highest BCUT2D eigenvalue weighted by molar-refractivity contribution is 5.94. The van der Waals surface area contributed by atoms with E-state index in [1.165, 1.54) is 0 Å². The van der Waals surface area contributed by atoms with E-state index in [-0.39, 0.29) is 17.7 Å².